The molecule has 2 N–H and O–H groups in total. The third-order valence-electron chi connectivity index (χ3n) is 11.4. The minimum absolute atomic E-state index is 0.0196. The zero-order chi connectivity index (χ0) is 46.6. The first-order valence-corrected chi connectivity index (χ1v) is 22.8. The molecule has 65 heavy (non-hydrogen) atoms. The number of hydrogen-bond acceptors (Lipinski definition) is 12. The first-order valence-electron chi connectivity index (χ1n) is 21.3. The molecule has 0 aliphatic carbocycles. The predicted molar refractivity (Wildman–Crippen MR) is 241 cm³/mol. The zero-order valence-corrected chi connectivity index (χ0v) is 37.7. The van der Waals surface area contributed by atoms with Crippen molar-refractivity contribution in [3.8, 4) is 41.1 Å². The number of carbonyl (C=O) groups is 2. The molecule has 0 bridgehead atoms. The van der Waals surface area contributed by atoms with Gasteiger partial charge < -0.3 is 28.7 Å². The molecule has 7 rings (SSSR count). The van der Waals surface area contributed by atoms with Crippen molar-refractivity contribution in [2.75, 3.05) is 38.2 Å². The van der Waals surface area contributed by atoms with Crippen molar-refractivity contribution in [2.45, 2.75) is 83.3 Å². The number of fused-ring (bicyclic) bond motifs is 2. The van der Waals surface area contributed by atoms with Crippen molar-refractivity contribution >= 4 is 47.1 Å². The van der Waals surface area contributed by atoms with E-state index in [1.165, 1.54) is 49.5 Å². The maximum absolute atomic E-state index is 17.7. The van der Waals surface area contributed by atoms with Crippen LogP contribution in [0.2, 0.25) is 0 Å². The summed E-state index contributed by atoms with van der Waals surface area (Å²) in [6, 6.07) is 11.7. The number of hydrogen-bond donors (Lipinski definition) is 2. The van der Waals surface area contributed by atoms with E-state index >= 15 is 8.78 Å². The lowest BCUT2D eigenvalue weighted by Crippen LogP contribution is -2.43. The molecular weight excluding hydrogens is 863 g/mol. The van der Waals surface area contributed by atoms with Crippen molar-refractivity contribution in [1.29, 1.82) is 0 Å². The van der Waals surface area contributed by atoms with Gasteiger partial charge in [-0.2, -0.15) is 15.1 Å². The zero-order valence-electron chi connectivity index (χ0n) is 36.8. The Morgan fingerprint density at radius 1 is 1.08 bits per heavy atom. The van der Waals surface area contributed by atoms with Crippen LogP contribution in [-0.4, -0.2) is 94.9 Å². The van der Waals surface area contributed by atoms with E-state index in [1.54, 1.807) is 39.1 Å². The van der Waals surface area contributed by atoms with Gasteiger partial charge in [-0.05, 0) is 95.8 Å². The van der Waals surface area contributed by atoms with Gasteiger partial charge in [0.05, 0.1) is 22.6 Å². The number of anilines is 1. The fourth-order valence-corrected chi connectivity index (χ4v) is 9.58. The summed E-state index contributed by atoms with van der Waals surface area (Å²) in [4.78, 5) is 43.0. The third-order valence-corrected chi connectivity index (χ3v) is 13.0. The van der Waals surface area contributed by atoms with Crippen LogP contribution in [0.15, 0.2) is 73.4 Å². The molecule has 4 heterocycles. The van der Waals surface area contributed by atoms with Gasteiger partial charge in [0, 0.05) is 49.2 Å². The number of nitrogens with one attached hydrogen (secondary N) is 2. The molecule has 14 nitrogen and oxygen atoms in total. The Morgan fingerprint density at radius 2 is 1.83 bits per heavy atom. The van der Waals surface area contributed by atoms with E-state index in [0.717, 1.165) is 18.9 Å². The number of para-hydroxylation sites is 1. The number of halogens is 3. The molecule has 2 aromatic heterocycles. The Bertz CT molecular complexity index is 2700. The average Bonchev–Trinajstić information content (AvgIpc) is 3.37. The summed E-state index contributed by atoms with van der Waals surface area (Å²) in [6.45, 7) is 11.2. The standard InChI is InChI=1S/C47H51F3N7O7P/c1-8-35-38(49)19-18-30-21-34(64-65(60,63-33-16-11-10-12-17-33)55-29(5)45(59)62-28(3)4)22-36(40(30)35)42-41(50)43-37(24-51-42)44(57-20-14-13-15-32(26-57)52-39(58)9-2)54-46(53-43)61-27-47(6)23-31(48)25-56(47)7/h1,9-12,16-19,21-22,24,28-29,31-32H,2,13-15,20,23,25-27H2,3-7H3,(H,52,58)(H,55,60)/t29-,31+,32?,47-,65?/m0/s1. The normalized spacial score (nSPS) is 20.4. The van der Waals surface area contributed by atoms with Gasteiger partial charge in [-0.3, -0.25) is 19.5 Å². The van der Waals surface area contributed by atoms with E-state index in [9.17, 15) is 18.5 Å². The van der Waals surface area contributed by atoms with Gasteiger partial charge in [-0.1, -0.05) is 36.8 Å². The number of aromatic nitrogens is 3. The summed E-state index contributed by atoms with van der Waals surface area (Å²) >= 11 is 0. The Balaban J connectivity index is 1.38. The van der Waals surface area contributed by atoms with Crippen LogP contribution in [0.1, 0.15) is 58.9 Å². The van der Waals surface area contributed by atoms with E-state index in [4.69, 9.17) is 29.9 Å². The highest BCUT2D eigenvalue weighted by Gasteiger charge is 2.41. The molecule has 5 atom stereocenters. The predicted octanol–water partition coefficient (Wildman–Crippen LogP) is 8.07. The molecule has 18 heteroatoms. The van der Waals surface area contributed by atoms with Gasteiger partial charge in [-0.25, -0.2) is 17.7 Å². The van der Waals surface area contributed by atoms with Crippen molar-refractivity contribution in [2.24, 2.45) is 0 Å². The molecule has 2 unspecified atom stereocenters. The first-order chi connectivity index (χ1) is 31.0. The minimum Gasteiger partial charge on any atom is -0.462 e. The monoisotopic (exact) mass is 913 g/mol. The highest BCUT2D eigenvalue weighted by atomic mass is 31.2. The van der Waals surface area contributed by atoms with E-state index in [0.29, 0.717) is 19.5 Å². The number of alkyl halides is 1. The van der Waals surface area contributed by atoms with E-state index in [1.807, 2.05) is 16.7 Å². The van der Waals surface area contributed by atoms with Crippen LogP contribution in [0.4, 0.5) is 19.0 Å². The summed E-state index contributed by atoms with van der Waals surface area (Å²) in [6.07, 6.45) is 9.30. The minimum atomic E-state index is -4.55. The van der Waals surface area contributed by atoms with Crippen LogP contribution in [0.3, 0.4) is 0 Å². The number of likely N-dealkylation sites (tertiary alicyclic amines) is 1. The summed E-state index contributed by atoms with van der Waals surface area (Å²) in [5, 5.41) is 6.15. The molecule has 0 spiro atoms. The number of amides is 1. The maximum Gasteiger partial charge on any atom is 0.513 e. The van der Waals surface area contributed by atoms with E-state index in [2.05, 4.69) is 32.9 Å². The molecule has 3 aromatic carbocycles. The van der Waals surface area contributed by atoms with Crippen molar-refractivity contribution in [1.82, 2.24) is 30.3 Å². The average molecular weight is 914 g/mol. The number of terminal acetylenes is 1. The Hall–Kier alpha value is -6.21. The molecular formula is C47H51F3N7O7P. The Labute approximate surface area is 375 Å². The maximum atomic E-state index is 17.7. The SMILES string of the molecule is C#Cc1c(F)ccc2cc(OP(=O)(N[C@@H](C)C(=O)OC(C)C)Oc3ccccc3)cc(-c3ncc4c(N5CCCCC(NC(=O)C=C)C5)nc(OC[C@]5(C)C[C@@H](F)CN5C)nc4c3F)c12. The Morgan fingerprint density at radius 3 is 2.52 bits per heavy atom. The van der Waals surface area contributed by atoms with Crippen molar-refractivity contribution in [3.63, 3.8) is 0 Å². The smallest absolute Gasteiger partial charge is 0.462 e. The molecule has 342 valence electrons. The summed E-state index contributed by atoms with van der Waals surface area (Å²) < 4.78 is 86.0. The number of likely N-dealkylation sites (N-methyl/N-ethyl adjacent to an activating group) is 1. The fourth-order valence-electron chi connectivity index (χ4n) is 8.08. The second kappa shape index (κ2) is 19.5. The van der Waals surface area contributed by atoms with E-state index in [-0.39, 0.29) is 93.3 Å². The van der Waals surface area contributed by atoms with Gasteiger partial charge >= 0.3 is 19.7 Å². The quantitative estimate of drug-likeness (QED) is 0.0450. The molecule has 5 aromatic rings. The number of benzene rings is 3. The molecule has 0 radical (unpaired) electrons. The van der Waals surface area contributed by atoms with Gasteiger partial charge in [0.1, 0.15) is 53.2 Å². The van der Waals surface area contributed by atoms with Gasteiger partial charge in [0.25, 0.3) is 0 Å². The molecule has 2 saturated heterocycles. The first kappa shape index (κ1) is 46.8. The van der Waals surface area contributed by atoms with Crippen LogP contribution >= 0.6 is 7.75 Å². The summed E-state index contributed by atoms with van der Waals surface area (Å²) in [5.74, 6) is -0.158. The Kier molecular flexibility index (Phi) is 14.0. The number of pyridine rings is 1. The highest BCUT2D eigenvalue weighted by molar-refractivity contribution is 7.52. The van der Waals surface area contributed by atoms with Crippen LogP contribution in [0.5, 0.6) is 17.5 Å². The van der Waals surface area contributed by atoms with Crippen molar-refractivity contribution in [3.05, 3.63) is 90.6 Å². The lowest BCUT2D eigenvalue weighted by Gasteiger charge is -2.31. The lowest BCUT2D eigenvalue weighted by atomic mass is 9.96. The lowest BCUT2D eigenvalue weighted by molar-refractivity contribution is -0.149. The number of esters is 1. The molecule has 2 fully saturated rings. The second-order valence-electron chi connectivity index (χ2n) is 16.8. The van der Waals surface area contributed by atoms with Crippen LogP contribution in [-0.2, 0) is 18.9 Å². The van der Waals surface area contributed by atoms with Gasteiger partial charge in [0.15, 0.2) is 5.82 Å². The number of nitrogens with zero attached hydrogens (tertiary/aromatic N) is 5. The molecule has 0 saturated carbocycles. The molecule has 2 aliphatic heterocycles. The fraction of sp³-hybridized carbons (Fsp3) is 0.383. The van der Waals surface area contributed by atoms with Gasteiger partial charge in [0.2, 0.25) is 5.91 Å². The third kappa shape index (κ3) is 10.5. The van der Waals surface area contributed by atoms with Crippen LogP contribution < -0.4 is 29.1 Å². The second-order valence-corrected chi connectivity index (χ2v) is 18.4. The molecule has 1 amide bonds. The number of carbonyl (C=O) groups excluding carboxylic acids is 2. The molecule has 2 aliphatic rings. The largest absolute Gasteiger partial charge is 0.513 e. The topological polar surface area (TPSA) is 157 Å². The van der Waals surface area contributed by atoms with Crippen LogP contribution in [0, 0.1) is 24.0 Å². The van der Waals surface area contributed by atoms with Crippen molar-refractivity contribution < 1.29 is 45.8 Å². The summed E-state index contributed by atoms with van der Waals surface area (Å²) in [7, 11) is -2.75. The van der Waals surface area contributed by atoms with Crippen LogP contribution in [0.25, 0.3) is 32.9 Å². The number of ether oxygens (including phenoxy) is 2. The van der Waals surface area contributed by atoms with E-state index < -0.39 is 49.2 Å². The highest BCUT2D eigenvalue weighted by Crippen LogP contribution is 2.48. The van der Waals surface area contributed by atoms with Gasteiger partial charge in [-0.15, -0.1) is 6.42 Å². The summed E-state index contributed by atoms with van der Waals surface area (Å²) in [5.41, 5.74) is -1.53. The number of rotatable bonds is 15.